The van der Waals surface area contributed by atoms with Crippen molar-refractivity contribution in [2.75, 3.05) is 0 Å². The lowest BCUT2D eigenvalue weighted by Crippen LogP contribution is -2.04. The minimum absolute atomic E-state index is 0.296. The molecule has 0 aliphatic carbocycles. The predicted octanol–water partition coefficient (Wildman–Crippen LogP) is 3.80. The molecule has 0 spiro atoms. The lowest BCUT2D eigenvalue weighted by atomic mass is 10.2. The van der Waals surface area contributed by atoms with Gasteiger partial charge in [-0.15, -0.1) is 0 Å². The second-order valence-electron chi connectivity index (χ2n) is 2.18. The van der Waals surface area contributed by atoms with Gasteiger partial charge in [0.2, 0.25) is 6.36 Å². The zero-order valence-corrected chi connectivity index (χ0v) is 9.92. The standard InChI is InChI=1S/C7H5Cl2FINO/c8-12(9)13-7(10)5-2-1-3-6(11)4-5/h1-4,7H. The molecule has 0 amide bonds. The average molecular weight is 336 g/mol. The van der Waals surface area contributed by atoms with E-state index in [9.17, 15) is 4.39 Å². The van der Waals surface area contributed by atoms with E-state index in [1.165, 1.54) is 0 Å². The van der Waals surface area contributed by atoms with Crippen LogP contribution in [0.4, 0.5) is 4.39 Å². The first kappa shape index (κ1) is 11.5. The minimum atomic E-state index is -1.65. The van der Waals surface area contributed by atoms with Crippen LogP contribution < -0.4 is 0 Å². The highest BCUT2D eigenvalue weighted by Gasteiger charge is 2.13. The molecule has 13 heavy (non-hydrogen) atoms. The zero-order chi connectivity index (χ0) is 9.84. The second-order valence-corrected chi connectivity index (χ2v) is 4.21. The van der Waals surface area contributed by atoms with Crippen LogP contribution in [0.15, 0.2) is 24.3 Å². The van der Waals surface area contributed by atoms with E-state index in [0.29, 0.717) is 9.66 Å². The molecule has 1 unspecified atom stereocenters. The van der Waals surface area contributed by atoms with Crippen molar-refractivity contribution < 1.29 is 9.23 Å². The maximum absolute atomic E-state index is 13.1. The Kier molecular flexibility index (Phi) is 4.68. The van der Waals surface area contributed by atoms with Crippen molar-refractivity contribution in [1.29, 1.82) is 0 Å². The third-order valence-electron chi connectivity index (χ3n) is 1.28. The molecule has 0 aliphatic heterocycles. The van der Waals surface area contributed by atoms with Crippen LogP contribution >= 0.6 is 46.1 Å². The van der Waals surface area contributed by atoms with Crippen LogP contribution in [0.1, 0.15) is 11.9 Å². The Morgan fingerprint density at radius 2 is 2.15 bits per heavy atom. The van der Waals surface area contributed by atoms with Gasteiger partial charge in [-0.25, -0.2) is 9.23 Å². The Hall–Kier alpha value is 0.380. The van der Waals surface area contributed by atoms with Gasteiger partial charge >= 0.3 is 0 Å². The molecule has 0 aliphatic rings. The van der Waals surface area contributed by atoms with E-state index in [0.717, 1.165) is 3.57 Å². The quantitative estimate of drug-likeness (QED) is 0.473. The van der Waals surface area contributed by atoms with Crippen LogP contribution in [0.5, 0.6) is 0 Å². The average Bonchev–Trinajstić information content (AvgIpc) is 2.03. The molecule has 0 bridgehead atoms. The van der Waals surface area contributed by atoms with Crippen molar-refractivity contribution in [1.82, 2.24) is 4.10 Å². The normalized spacial score (nSPS) is 13.3. The van der Waals surface area contributed by atoms with Gasteiger partial charge in [-0.1, -0.05) is 12.1 Å². The van der Waals surface area contributed by atoms with Gasteiger partial charge < -0.3 is 0 Å². The van der Waals surface area contributed by atoms with Gasteiger partial charge in [0.25, 0.3) is 0 Å². The van der Waals surface area contributed by atoms with Crippen LogP contribution in [0.25, 0.3) is 0 Å². The van der Waals surface area contributed by atoms with Crippen molar-refractivity contribution in [2.45, 2.75) is 6.36 Å². The third-order valence-corrected chi connectivity index (χ3v) is 2.11. The smallest absolute Gasteiger partial charge is 0.226 e. The highest BCUT2D eigenvalue weighted by atomic mass is 127. The molecule has 1 aromatic rings. The first-order chi connectivity index (χ1) is 6.09. The number of benzene rings is 1. The molecule has 72 valence electrons. The molecule has 0 saturated heterocycles. The van der Waals surface area contributed by atoms with Crippen LogP contribution in [-0.4, -0.2) is 4.10 Å². The van der Waals surface area contributed by atoms with Crippen molar-refractivity contribution in [2.24, 2.45) is 0 Å². The van der Waals surface area contributed by atoms with E-state index in [4.69, 9.17) is 23.6 Å². The SMILES string of the molecule is FC(ON(Cl)Cl)c1cccc(I)c1. The predicted molar refractivity (Wildman–Crippen MR) is 57.6 cm³/mol. The summed E-state index contributed by atoms with van der Waals surface area (Å²) in [5.41, 5.74) is 0.373. The number of hydrogen-bond acceptors (Lipinski definition) is 2. The molecule has 2 nitrogen and oxygen atoms in total. The monoisotopic (exact) mass is 335 g/mol. The molecule has 0 saturated carbocycles. The lowest BCUT2D eigenvalue weighted by Gasteiger charge is -2.10. The van der Waals surface area contributed by atoms with Crippen LogP contribution in [0.2, 0.25) is 0 Å². The number of nitrogens with zero attached hydrogens (tertiary/aromatic N) is 1. The van der Waals surface area contributed by atoms with Gasteiger partial charge in [-0.2, -0.15) is 0 Å². The van der Waals surface area contributed by atoms with Crippen molar-refractivity contribution in [3.63, 3.8) is 0 Å². The third kappa shape index (κ3) is 3.95. The summed E-state index contributed by atoms with van der Waals surface area (Å²) in [5, 5.41) is 0. The summed E-state index contributed by atoms with van der Waals surface area (Å²) in [6, 6.07) is 6.79. The van der Waals surface area contributed by atoms with E-state index < -0.39 is 6.36 Å². The molecule has 1 atom stereocenters. The Labute approximate surface area is 98.9 Å². The zero-order valence-electron chi connectivity index (χ0n) is 6.25. The molecule has 0 aromatic heterocycles. The van der Waals surface area contributed by atoms with Crippen molar-refractivity contribution in [3.05, 3.63) is 33.4 Å². The van der Waals surface area contributed by atoms with Gasteiger partial charge in [0.1, 0.15) is 0 Å². The molecule has 1 rings (SSSR count). The summed E-state index contributed by atoms with van der Waals surface area (Å²) in [4.78, 5) is 4.39. The van der Waals surface area contributed by atoms with E-state index in [1.807, 2.05) is 6.07 Å². The minimum Gasteiger partial charge on any atom is -0.226 e. The molecule has 0 N–H and O–H groups in total. The molecule has 0 fully saturated rings. The van der Waals surface area contributed by atoms with E-state index >= 15 is 0 Å². The molecule has 0 heterocycles. The molecule has 0 radical (unpaired) electrons. The van der Waals surface area contributed by atoms with Crippen molar-refractivity contribution >= 4 is 46.1 Å². The van der Waals surface area contributed by atoms with E-state index in [1.54, 1.807) is 18.2 Å². The number of rotatable bonds is 3. The summed E-state index contributed by atoms with van der Waals surface area (Å²) in [5.74, 6) is 0. The fraction of sp³-hybridized carbons (Fsp3) is 0.143. The molecular formula is C7H5Cl2FINO. The first-order valence-corrected chi connectivity index (χ1v) is 5.03. The maximum Gasteiger partial charge on any atom is 0.246 e. The highest BCUT2D eigenvalue weighted by molar-refractivity contribution is 14.1. The van der Waals surface area contributed by atoms with Gasteiger partial charge in [0.15, 0.2) is 0 Å². The van der Waals surface area contributed by atoms with Gasteiger partial charge in [-0.05, 0) is 38.8 Å². The highest BCUT2D eigenvalue weighted by Crippen LogP contribution is 2.23. The Bertz CT molecular complexity index is 287. The largest absolute Gasteiger partial charge is 0.246 e. The fourth-order valence-corrected chi connectivity index (χ4v) is 1.49. The topological polar surface area (TPSA) is 12.5 Å². The Balaban J connectivity index is 2.71. The number of halogens is 4. The molecule has 1 aromatic carbocycles. The fourth-order valence-electron chi connectivity index (χ4n) is 0.779. The Morgan fingerprint density at radius 1 is 1.46 bits per heavy atom. The van der Waals surface area contributed by atoms with Crippen LogP contribution in [-0.2, 0) is 4.84 Å². The summed E-state index contributed by atoms with van der Waals surface area (Å²) in [6.45, 7) is 0. The van der Waals surface area contributed by atoms with Crippen molar-refractivity contribution in [3.8, 4) is 0 Å². The van der Waals surface area contributed by atoms with Gasteiger partial charge in [0.05, 0.1) is 0 Å². The number of hydrogen-bond donors (Lipinski definition) is 0. The molecule has 6 heteroatoms. The van der Waals surface area contributed by atoms with E-state index in [-0.39, 0.29) is 0 Å². The first-order valence-electron chi connectivity index (χ1n) is 3.27. The van der Waals surface area contributed by atoms with Crippen LogP contribution in [0.3, 0.4) is 0 Å². The van der Waals surface area contributed by atoms with Gasteiger partial charge in [0, 0.05) is 32.7 Å². The maximum atomic E-state index is 13.1. The summed E-state index contributed by atoms with van der Waals surface area (Å²) in [7, 11) is 0. The van der Waals surface area contributed by atoms with Gasteiger partial charge in [-0.3, -0.25) is 0 Å². The Morgan fingerprint density at radius 3 is 2.69 bits per heavy atom. The lowest BCUT2D eigenvalue weighted by molar-refractivity contribution is -0.141. The summed E-state index contributed by atoms with van der Waals surface area (Å²) in [6.07, 6.45) is -1.65. The molecular weight excluding hydrogens is 331 g/mol. The summed E-state index contributed by atoms with van der Waals surface area (Å²) >= 11 is 12.3. The van der Waals surface area contributed by atoms with E-state index in [2.05, 4.69) is 27.4 Å². The second kappa shape index (κ2) is 5.31. The summed E-state index contributed by atoms with van der Waals surface area (Å²) < 4.78 is 14.3. The van der Waals surface area contributed by atoms with Crippen LogP contribution in [0, 0.1) is 3.57 Å². The number of alkyl halides is 1.